The van der Waals surface area contributed by atoms with E-state index in [-0.39, 0.29) is 0 Å². The van der Waals surface area contributed by atoms with Crippen LogP contribution in [-0.2, 0) is 4.74 Å². The monoisotopic (exact) mass is 100 g/mol. The van der Waals surface area contributed by atoms with Crippen LogP contribution in [0.25, 0.3) is 0 Å². The molecule has 0 aromatic carbocycles. The first kappa shape index (κ1) is 5.10. The molecule has 0 saturated carbocycles. The quantitative estimate of drug-likeness (QED) is 0.447. The first-order valence-corrected chi connectivity index (χ1v) is 2.92. The third kappa shape index (κ3) is 0.942. The van der Waals surface area contributed by atoms with Crippen LogP contribution in [0, 0.1) is 5.92 Å². The minimum Gasteiger partial charge on any atom is -0.378 e. The Morgan fingerprint density at radius 1 is 1.43 bits per heavy atom. The van der Waals surface area contributed by atoms with Crippen molar-refractivity contribution >= 4 is 0 Å². The van der Waals surface area contributed by atoms with Crippen molar-refractivity contribution in [3.63, 3.8) is 0 Å². The molecule has 1 heteroatoms. The first-order chi connectivity index (χ1) is 3.30. The minimum absolute atomic E-state index is 0.514. The minimum atomic E-state index is 0.514. The van der Waals surface area contributed by atoms with Gasteiger partial charge in [0.2, 0.25) is 0 Å². The Morgan fingerprint density at radius 2 is 2.14 bits per heavy atom. The Morgan fingerprint density at radius 3 is 2.29 bits per heavy atom. The lowest BCUT2D eigenvalue weighted by molar-refractivity contribution is 0.109. The normalized spacial score (nSPS) is 42.0. The van der Waals surface area contributed by atoms with Crippen LogP contribution in [-0.4, -0.2) is 12.7 Å². The highest BCUT2D eigenvalue weighted by molar-refractivity contribution is 4.66. The predicted molar refractivity (Wildman–Crippen MR) is 29.2 cm³/mol. The second-order valence-electron chi connectivity index (χ2n) is 2.34. The lowest BCUT2D eigenvalue weighted by atomic mass is 10.1. The molecule has 0 bridgehead atoms. The number of hydrogen-bond acceptors (Lipinski definition) is 1. The van der Waals surface area contributed by atoms with Crippen LogP contribution < -0.4 is 0 Å². The molecule has 42 valence electrons. The third-order valence-corrected chi connectivity index (χ3v) is 1.76. The van der Waals surface area contributed by atoms with E-state index in [2.05, 4.69) is 13.8 Å². The number of rotatable bonds is 0. The Balaban J connectivity index is 2.33. The van der Waals surface area contributed by atoms with E-state index < -0.39 is 0 Å². The fraction of sp³-hybridized carbons (Fsp3) is 1.00. The highest BCUT2D eigenvalue weighted by Gasteiger charge is 2.18. The van der Waals surface area contributed by atoms with Crippen LogP contribution >= 0.6 is 0 Å². The van der Waals surface area contributed by atoms with Crippen LogP contribution in [0.3, 0.4) is 0 Å². The van der Waals surface area contributed by atoms with E-state index in [4.69, 9.17) is 4.74 Å². The molecular formula is C6H12O. The van der Waals surface area contributed by atoms with Gasteiger partial charge in [0, 0.05) is 6.61 Å². The molecule has 1 aliphatic heterocycles. The van der Waals surface area contributed by atoms with Crippen molar-refractivity contribution in [2.24, 2.45) is 5.92 Å². The summed E-state index contributed by atoms with van der Waals surface area (Å²) >= 11 is 0. The Kier molecular flexibility index (Phi) is 1.33. The summed E-state index contributed by atoms with van der Waals surface area (Å²) in [6.45, 7) is 5.34. The summed E-state index contributed by atoms with van der Waals surface area (Å²) < 4.78 is 5.27. The smallest absolute Gasteiger partial charge is 0.0573 e. The van der Waals surface area contributed by atoms with E-state index in [9.17, 15) is 0 Å². The van der Waals surface area contributed by atoms with Gasteiger partial charge < -0.3 is 4.74 Å². The van der Waals surface area contributed by atoms with Crippen molar-refractivity contribution < 1.29 is 4.74 Å². The summed E-state index contributed by atoms with van der Waals surface area (Å²) in [7, 11) is 0. The Hall–Kier alpha value is -0.0400. The van der Waals surface area contributed by atoms with Crippen LogP contribution in [0.5, 0.6) is 0 Å². The van der Waals surface area contributed by atoms with E-state index in [0.29, 0.717) is 6.10 Å². The summed E-state index contributed by atoms with van der Waals surface area (Å²) in [5, 5.41) is 0. The fourth-order valence-electron chi connectivity index (χ4n) is 0.839. The van der Waals surface area contributed by atoms with Crippen molar-refractivity contribution in [3.8, 4) is 0 Å². The highest BCUT2D eigenvalue weighted by Crippen LogP contribution is 2.18. The van der Waals surface area contributed by atoms with Gasteiger partial charge in [-0.05, 0) is 19.3 Å². The van der Waals surface area contributed by atoms with Gasteiger partial charge in [-0.1, -0.05) is 6.92 Å². The summed E-state index contributed by atoms with van der Waals surface area (Å²) in [6.07, 6.45) is 1.77. The molecule has 0 amide bonds. The van der Waals surface area contributed by atoms with Gasteiger partial charge in [0.05, 0.1) is 6.10 Å². The van der Waals surface area contributed by atoms with Crippen molar-refractivity contribution in [1.82, 2.24) is 0 Å². The highest BCUT2D eigenvalue weighted by atomic mass is 16.5. The largest absolute Gasteiger partial charge is 0.378 e. The molecule has 0 spiro atoms. The van der Waals surface area contributed by atoms with Gasteiger partial charge in [-0.25, -0.2) is 0 Å². The summed E-state index contributed by atoms with van der Waals surface area (Å²) in [6, 6.07) is 0. The van der Waals surface area contributed by atoms with E-state index in [1.165, 1.54) is 6.42 Å². The predicted octanol–water partition coefficient (Wildman–Crippen LogP) is 1.43. The first-order valence-electron chi connectivity index (χ1n) is 2.92. The van der Waals surface area contributed by atoms with Gasteiger partial charge in [-0.3, -0.25) is 0 Å². The third-order valence-electron chi connectivity index (χ3n) is 1.76. The maximum atomic E-state index is 5.27. The second-order valence-corrected chi connectivity index (χ2v) is 2.34. The summed E-state index contributed by atoms with van der Waals surface area (Å²) in [5.74, 6) is 0.792. The van der Waals surface area contributed by atoms with Crippen molar-refractivity contribution in [3.05, 3.63) is 0 Å². The van der Waals surface area contributed by atoms with Crippen molar-refractivity contribution in [2.45, 2.75) is 26.4 Å². The summed E-state index contributed by atoms with van der Waals surface area (Å²) in [5.41, 5.74) is 0. The molecule has 1 fully saturated rings. The van der Waals surface area contributed by atoms with Gasteiger partial charge in [0.15, 0.2) is 0 Å². The van der Waals surface area contributed by atoms with Gasteiger partial charge >= 0.3 is 0 Å². The fourth-order valence-corrected chi connectivity index (χ4v) is 0.839. The molecule has 7 heavy (non-hydrogen) atoms. The van der Waals surface area contributed by atoms with Gasteiger partial charge in [0.1, 0.15) is 0 Å². The second kappa shape index (κ2) is 1.83. The molecule has 0 aromatic heterocycles. The topological polar surface area (TPSA) is 9.23 Å². The molecule has 1 saturated heterocycles. The molecule has 2 atom stereocenters. The van der Waals surface area contributed by atoms with Crippen LogP contribution in [0.15, 0.2) is 0 Å². The summed E-state index contributed by atoms with van der Waals surface area (Å²) in [4.78, 5) is 0. The van der Waals surface area contributed by atoms with Crippen molar-refractivity contribution in [1.29, 1.82) is 0 Å². The number of ether oxygens (including phenoxy) is 1. The van der Waals surface area contributed by atoms with E-state index in [1.807, 2.05) is 0 Å². The zero-order valence-electron chi connectivity index (χ0n) is 4.98. The maximum absolute atomic E-state index is 5.27. The molecule has 0 radical (unpaired) electrons. The van der Waals surface area contributed by atoms with Gasteiger partial charge in [-0.15, -0.1) is 0 Å². The maximum Gasteiger partial charge on any atom is 0.0573 e. The molecule has 1 unspecified atom stereocenters. The van der Waals surface area contributed by atoms with E-state index >= 15 is 0 Å². The zero-order valence-corrected chi connectivity index (χ0v) is 4.98. The zero-order chi connectivity index (χ0) is 5.28. The van der Waals surface area contributed by atoms with Gasteiger partial charge in [0.25, 0.3) is 0 Å². The molecule has 1 nitrogen and oxygen atoms in total. The lowest BCUT2D eigenvalue weighted by Crippen LogP contribution is -2.05. The van der Waals surface area contributed by atoms with E-state index in [1.54, 1.807) is 0 Å². The van der Waals surface area contributed by atoms with Crippen LogP contribution in [0.1, 0.15) is 20.3 Å². The molecule has 1 heterocycles. The van der Waals surface area contributed by atoms with E-state index in [0.717, 1.165) is 12.5 Å². The molecule has 1 rings (SSSR count). The molecule has 1 aliphatic rings. The van der Waals surface area contributed by atoms with Crippen molar-refractivity contribution in [2.75, 3.05) is 6.61 Å². The Labute approximate surface area is 44.7 Å². The average molecular weight is 100 g/mol. The number of hydrogen-bond donors (Lipinski definition) is 0. The Bertz CT molecular complexity index is 53.2. The molecule has 0 N–H and O–H groups in total. The van der Waals surface area contributed by atoms with Gasteiger partial charge in [-0.2, -0.15) is 0 Å². The van der Waals surface area contributed by atoms with Crippen LogP contribution in [0.4, 0.5) is 0 Å². The standard InChI is InChI=1S/C6H12O/c1-5-3-4-7-6(5)2/h5-6H,3-4H2,1-2H3/t5-,6?/m0/s1. The SMILES string of the molecule is CC1OCC[C@@H]1C. The average Bonchev–Trinajstić information content (AvgIpc) is 1.91. The lowest BCUT2D eigenvalue weighted by Gasteiger charge is -2.04. The molecular weight excluding hydrogens is 88.1 g/mol. The molecule has 0 aromatic rings. The van der Waals surface area contributed by atoms with Crippen LogP contribution in [0.2, 0.25) is 0 Å². The molecule has 0 aliphatic carbocycles.